The van der Waals surface area contributed by atoms with Gasteiger partial charge in [-0.2, -0.15) is 0 Å². The molecule has 3 aromatic carbocycles. The fourth-order valence-electron chi connectivity index (χ4n) is 3.92. The molecule has 1 N–H and O–H groups in total. The molecule has 0 saturated heterocycles. The van der Waals surface area contributed by atoms with Crippen molar-refractivity contribution in [1.82, 2.24) is 0 Å². The molecule has 0 saturated carbocycles. The van der Waals surface area contributed by atoms with Crippen molar-refractivity contribution in [3.63, 3.8) is 0 Å². The van der Waals surface area contributed by atoms with Crippen molar-refractivity contribution >= 4 is 39.3 Å². The Morgan fingerprint density at radius 2 is 1.45 bits per heavy atom. The van der Waals surface area contributed by atoms with Crippen LogP contribution in [0.2, 0.25) is 0 Å². The van der Waals surface area contributed by atoms with Crippen molar-refractivity contribution in [3.05, 3.63) is 100 Å². The average Bonchev–Trinajstić information content (AvgIpc) is 3.32. The smallest absolute Gasteiger partial charge is 0.291 e. The SMILES string of the molecule is Cc1cc2oc(C(=O)Nc3c(C(=O)c4ccc(F)cc4)oc4ccccc34)c(C)c2cc1C. The number of anilines is 1. The maximum atomic E-state index is 13.3. The number of para-hydroxylation sites is 1. The van der Waals surface area contributed by atoms with Crippen LogP contribution in [0.4, 0.5) is 10.1 Å². The molecule has 0 spiro atoms. The van der Waals surface area contributed by atoms with Gasteiger partial charge in [0.15, 0.2) is 11.5 Å². The third kappa shape index (κ3) is 3.49. The number of rotatable bonds is 4. The average molecular weight is 441 g/mol. The Kier molecular flexibility index (Phi) is 4.86. The molecule has 1 amide bonds. The number of fused-ring (bicyclic) bond motifs is 2. The summed E-state index contributed by atoms with van der Waals surface area (Å²) in [6.45, 7) is 5.82. The van der Waals surface area contributed by atoms with Crippen LogP contribution in [0, 0.1) is 26.6 Å². The summed E-state index contributed by atoms with van der Waals surface area (Å²) < 4.78 is 25.0. The number of carbonyl (C=O) groups excluding carboxylic acids is 2. The molecule has 2 aromatic heterocycles. The predicted octanol–water partition coefficient (Wildman–Crippen LogP) is 6.73. The molecule has 164 valence electrons. The van der Waals surface area contributed by atoms with Gasteiger partial charge in [-0.05, 0) is 80.4 Å². The van der Waals surface area contributed by atoms with Crippen molar-refractivity contribution in [2.45, 2.75) is 20.8 Å². The molecule has 0 atom stereocenters. The fourth-order valence-corrected chi connectivity index (χ4v) is 3.92. The summed E-state index contributed by atoms with van der Waals surface area (Å²) in [6, 6.07) is 16.1. The van der Waals surface area contributed by atoms with Gasteiger partial charge in [0.2, 0.25) is 5.78 Å². The van der Waals surface area contributed by atoms with E-state index in [1.165, 1.54) is 24.3 Å². The first-order valence-corrected chi connectivity index (χ1v) is 10.5. The molecule has 0 unspecified atom stereocenters. The Labute approximate surface area is 188 Å². The topological polar surface area (TPSA) is 72.5 Å². The molecule has 0 bridgehead atoms. The van der Waals surface area contributed by atoms with Crippen LogP contribution in [0.25, 0.3) is 21.9 Å². The van der Waals surface area contributed by atoms with Crippen molar-refractivity contribution in [2.75, 3.05) is 5.32 Å². The van der Waals surface area contributed by atoms with E-state index >= 15 is 0 Å². The first kappa shape index (κ1) is 20.7. The Morgan fingerprint density at radius 3 is 2.21 bits per heavy atom. The summed E-state index contributed by atoms with van der Waals surface area (Å²) in [6.07, 6.45) is 0. The van der Waals surface area contributed by atoms with Gasteiger partial charge in [0, 0.05) is 21.9 Å². The van der Waals surface area contributed by atoms with Crippen molar-refractivity contribution in [3.8, 4) is 0 Å². The van der Waals surface area contributed by atoms with Crippen molar-refractivity contribution < 1.29 is 22.8 Å². The van der Waals surface area contributed by atoms with E-state index in [2.05, 4.69) is 5.32 Å². The van der Waals surface area contributed by atoms with Gasteiger partial charge in [-0.1, -0.05) is 12.1 Å². The van der Waals surface area contributed by atoms with E-state index in [0.717, 1.165) is 16.5 Å². The monoisotopic (exact) mass is 441 g/mol. The zero-order valence-corrected chi connectivity index (χ0v) is 18.3. The van der Waals surface area contributed by atoms with Gasteiger partial charge < -0.3 is 14.2 Å². The van der Waals surface area contributed by atoms with Crippen LogP contribution in [-0.2, 0) is 0 Å². The van der Waals surface area contributed by atoms with Crippen LogP contribution in [0.15, 0.2) is 69.5 Å². The highest BCUT2D eigenvalue weighted by atomic mass is 19.1. The Hall–Kier alpha value is -4.19. The molecule has 33 heavy (non-hydrogen) atoms. The van der Waals surface area contributed by atoms with Gasteiger partial charge in [0.25, 0.3) is 5.91 Å². The van der Waals surface area contributed by atoms with Crippen LogP contribution < -0.4 is 5.32 Å². The Morgan fingerprint density at radius 1 is 0.788 bits per heavy atom. The summed E-state index contributed by atoms with van der Waals surface area (Å²) in [7, 11) is 0. The summed E-state index contributed by atoms with van der Waals surface area (Å²) in [4.78, 5) is 26.4. The number of ketones is 1. The van der Waals surface area contributed by atoms with E-state index in [1.807, 2.05) is 32.9 Å². The molecular weight excluding hydrogens is 421 g/mol. The van der Waals surface area contributed by atoms with Gasteiger partial charge in [0.1, 0.15) is 17.0 Å². The molecule has 5 aromatic rings. The zero-order valence-electron chi connectivity index (χ0n) is 18.3. The summed E-state index contributed by atoms with van der Waals surface area (Å²) in [5, 5.41) is 4.27. The van der Waals surface area contributed by atoms with Crippen molar-refractivity contribution in [1.29, 1.82) is 0 Å². The van der Waals surface area contributed by atoms with E-state index < -0.39 is 17.5 Å². The van der Waals surface area contributed by atoms with Gasteiger partial charge in [-0.3, -0.25) is 9.59 Å². The molecule has 5 rings (SSSR count). The largest absolute Gasteiger partial charge is 0.451 e. The third-order valence-electron chi connectivity index (χ3n) is 5.91. The fraction of sp³-hybridized carbons (Fsp3) is 0.111. The summed E-state index contributed by atoms with van der Waals surface area (Å²) in [5.74, 6) is -1.26. The number of amides is 1. The third-order valence-corrected chi connectivity index (χ3v) is 5.91. The molecule has 0 fully saturated rings. The van der Waals surface area contributed by atoms with E-state index in [4.69, 9.17) is 8.83 Å². The van der Waals surface area contributed by atoms with Crippen molar-refractivity contribution in [2.24, 2.45) is 0 Å². The number of hydrogen-bond acceptors (Lipinski definition) is 4. The predicted molar refractivity (Wildman–Crippen MR) is 124 cm³/mol. The van der Waals surface area contributed by atoms with E-state index in [0.29, 0.717) is 22.1 Å². The highest BCUT2D eigenvalue weighted by molar-refractivity contribution is 6.19. The lowest BCUT2D eigenvalue weighted by Crippen LogP contribution is -2.14. The van der Waals surface area contributed by atoms with Gasteiger partial charge in [-0.25, -0.2) is 4.39 Å². The standard InChI is InChI=1S/C27H20FNO4/c1-14-12-20-16(3)25(33-22(20)13-15(14)2)27(31)29-23-19-6-4-5-7-21(19)32-26(23)24(30)17-8-10-18(28)11-9-17/h4-13H,1-3H3,(H,29,31). The van der Waals surface area contributed by atoms with E-state index in [9.17, 15) is 14.0 Å². The number of nitrogens with one attached hydrogen (secondary N) is 1. The molecule has 5 nitrogen and oxygen atoms in total. The minimum Gasteiger partial charge on any atom is -0.451 e. The second-order valence-electron chi connectivity index (χ2n) is 8.08. The minimum atomic E-state index is -0.487. The second-order valence-corrected chi connectivity index (χ2v) is 8.08. The van der Waals surface area contributed by atoms with Crippen LogP contribution in [0.3, 0.4) is 0 Å². The number of halogens is 1. The van der Waals surface area contributed by atoms with Crippen LogP contribution in [0.5, 0.6) is 0 Å². The van der Waals surface area contributed by atoms with Crippen LogP contribution >= 0.6 is 0 Å². The Bertz CT molecular complexity index is 1560. The van der Waals surface area contributed by atoms with Gasteiger partial charge >= 0.3 is 0 Å². The molecule has 6 heteroatoms. The first-order valence-electron chi connectivity index (χ1n) is 10.5. The lowest BCUT2D eigenvalue weighted by Gasteiger charge is -2.05. The van der Waals surface area contributed by atoms with Crippen LogP contribution in [0.1, 0.15) is 43.4 Å². The highest BCUT2D eigenvalue weighted by Crippen LogP contribution is 2.34. The van der Waals surface area contributed by atoms with Crippen LogP contribution in [-0.4, -0.2) is 11.7 Å². The lowest BCUT2D eigenvalue weighted by atomic mass is 10.0. The molecule has 0 aliphatic heterocycles. The number of aryl methyl sites for hydroxylation is 3. The summed E-state index contributed by atoms with van der Waals surface area (Å²) in [5.41, 5.74) is 4.45. The molecule has 0 aliphatic rings. The Balaban J connectivity index is 1.59. The van der Waals surface area contributed by atoms with Gasteiger partial charge in [0.05, 0.1) is 5.69 Å². The quantitative estimate of drug-likeness (QED) is 0.314. The zero-order chi connectivity index (χ0) is 23.3. The van der Waals surface area contributed by atoms with Gasteiger partial charge in [-0.15, -0.1) is 0 Å². The number of hydrogen-bond donors (Lipinski definition) is 1. The second kappa shape index (κ2) is 7.74. The first-order chi connectivity index (χ1) is 15.8. The van der Waals surface area contributed by atoms with E-state index in [1.54, 1.807) is 24.3 Å². The number of furan rings is 2. The minimum absolute atomic E-state index is 0.0309. The normalized spacial score (nSPS) is 11.3. The summed E-state index contributed by atoms with van der Waals surface area (Å²) >= 11 is 0. The lowest BCUT2D eigenvalue weighted by molar-refractivity contribution is 0.0997. The van der Waals surface area contributed by atoms with E-state index in [-0.39, 0.29) is 22.8 Å². The molecule has 0 radical (unpaired) electrons. The number of benzene rings is 3. The molecule has 2 heterocycles. The highest BCUT2D eigenvalue weighted by Gasteiger charge is 2.26. The number of carbonyl (C=O) groups is 2. The molecular formula is C27H20FNO4. The molecule has 0 aliphatic carbocycles. The maximum Gasteiger partial charge on any atom is 0.291 e. The maximum absolute atomic E-state index is 13.3.